The van der Waals surface area contributed by atoms with Crippen LogP contribution in [0.2, 0.25) is 0 Å². The van der Waals surface area contributed by atoms with Crippen LogP contribution in [0.5, 0.6) is 0 Å². The number of benzene rings is 2. The lowest BCUT2D eigenvalue weighted by molar-refractivity contribution is 0.322. The van der Waals surface area contributed by atoms with Crippen LogP contribution < -0.4 is 5.73 Å². The Labute approximate surface area is 161 Å². The largest absolute Gasteiger partial charge is 0.396 e. The van der Waals surface area contributed by atoms with Gasteiger partial charge in [0.1, 0.15) is 12.1 Å². The number of fused-ring (bicyclic) bond motifs is 1. The minimum Gasteiger partial charge on any atom is -0.396 e. The number of rotatable bonds is 6. The summed E-state index contributed by atoms with van der Waals surface area (Å²) < 4.78 is 2.07. The van der Waals surface area contributed by atoms with Crippen LogP contribution in [0.15, 0.2) is 67.1 Å². The predicted octanol–water partition coefficient (Wildman–Crippen LogP) is 3.90. The zero-order valence-electron chi connectivity index (χ0n) is 14.7. The van der Waals surface area contributed by atoms with Gasteiger partial charge in [0.25, 0.3) is 0 Å². The molecule has 0 saturated heterocycles. The first-order chi connectivity index (χ1) is 13.3. The third-order valence-electron chi connectivity index (χ3n) is 4.39. The van der Waals surface area contributed by atoms with E-state index in [1.54, 1.807) is 11.8 Å². The summed E-state index contributed by atoms with van der Waals surface area (Å²) in [6.07, 6.45) is 3.58. The van der Waals surface area contributed by atoms with E-state index in [4.69, 9.17) is 10.8 Å². The smallest absolute Gasteiger partial charge is 0.150 e. The summed E-state index contributed by atoms with van der Waals surface area (Å²) >= 11 is 1.71. The SMILES string of the molecule is Nc1ncnc2c1c(-c1ccccc1)cn2-c1cccc(CSCCO)c1. The first-order valence-corrected chi connectivity index (χ1v) is 9.88. The van der Waals surface area contributed by atoms with Gasteiger partial charge in [-0.15, -0.1) is 0 Å². The van der Waals surface area contributed by atoms with Gasteiger partial charge in [0.2, 0.25) is 0 Å². The Kier molecular flexibility index (Phi) is 5.09. The number of nitrogens with two attached hydrogens (primary N) is 1. The van der Waals surface area contributed by atoms with E-state index >= 15 is 0 Å². The van der Waals surface area contributed by atoms with Crippen molar-refractivity contribution in [2.45, 2.75) is 5.75 Å². The van der Waals surface area contributed by atoms with Crippen molar-refractivity contribution in [2.75, 3.05) is 18.1 Å². The highest BCUT2D eigenvalue weighted by molar-refractivity contribution is 7.98. The van der Waals surface area contributed by atoms with Crippen molar-refractivity contribution in [1.29, 1.82) is 0 Å². The van der Waals surface area contributed by atoms with Crippen molar-refractivity contribution in [1.82, 2.24) is 14.5 Å². The zero-order valence-corrected chi connectivity index (χ0v) is 15.6. The van der Waals surface area contributed by atoms with Crippen LogP contribution >= 0.6 is 11.8 Å². The minimum absolute atomic E-state index is 0.198. The van der Waals surface area contributed by atoms with E-state index in [1.807, 2.05) is 24.3 Å². The number of thioether (sulfide) groups is 1. The van der Waals surface area contributed by atoms with Crippen LogP contribution in [0.3, 0.4) is 0 Å². The Morgan fingerprint density at radius 2 is 1.89 bits per heavy atom. The molecule has 0 aliphatic rings. The fourth-order valence-corrected chi connectivity index (χ4v) is 3.86. The second-order valence-corrected chi connectivity index (χ2v) is 7.29. The van der Waals surface area contributed by atoms with Crippen LogP contribution in [0.1, 0.15) is 5.56 Å². The van der Waals surface area contributed by atoms with Gasteiger partial charge >= 0.3 is 0 Å². The number of hydrogen-bond acceptors (Lipinski definition) is 5. The molecule has 0 aliphatic carbocycles. The highest BCUT2D eigenvalue weighted by Gasteiger charge is 2.16. The maximum Gasteiger partial charge on any atom is 0.150 e. The maximum absolute atomic E-state index is 8.98. The van der Waals surface area contributed by atoms with Gasteiger partial charge in [0.05, 0.1) is 12.0 Å². The molecule has 0 aliphatic heterocycles. The lowest BCUT2D eigenvalue weighted by Crippen LogP contribution is -1.97. The molecule has 3 N–H and O–H groups in total. The summed E-state index contributed by atoms with van der Waals surface area (Å²) in [6, 6.07) is 18.5. The zero-order chi connectivity index (χ0) is 18.6. The molecule has 2 heterocycles. The molecule has 4 rings (SSSR count). The van der Waals surface area contributed by atoms with Crippen molar-refractivity contribution in [3.8, 4) is 16.8 Å². The summed E-state index contributed by atoms with van der Waals surface area (Å²) in [5.41, 5.74) is 11.3. The van der Waals surface area contributed by atoms with Crippen LogP contribution in [0, 0.1) is 0 Å². The fraction of sp³-hybridized carbons (Fsp3) is 0.143. The normalized spacial score (nSPS) is 11.1. The number of aliphatic hydroxyl groups is 1. The van der Waals surface area contributed by atoms with Crippen molar-refractivity contribution < 1.29 is 5.11 Å². The molecular weight excluding hydrogens is 356 g/mol. The molecule has 5 nitrogen and oxygen atoms in total. The molecular formula is C21H20N4OS. The highest BCUT2D eigenvalue weighted by Crippen LogP contribution is 2.34. The van der Waals surface area contributed by atoms with Crippen LogP contribution in [-0.2, 0) is 5.75 Å². The van der Waals surface area contributed by atoms with Crippen molar-refractivity contribution in [3.63, 3.8) is 0 Å². The van der Waals surface area contributed by atoms with Gasteiger partial charge in [-0.2, -0.15) is 11.8 Å². The van der Waals surface area contributed by atoms with Crippen molar-refractivity contribution in [3.05, 3.63) is 72.7 Å². The third kappa shape index (κ3) is 3.54. The molecule has 4 aromatic rings. The van der Waals surface area contributed by atoms with Gasteiger partial charge in [-0.3, -0.25) is 0 Å². The minimum atomic E-state index is 0.198. The van der Waals surface area contributed by atoms with E-state index < -0.39 is 0 Å². The summed E-state index contributed by atoms with van der Waals surface area (Å²) in [5, 5.41) is 9.85. The molecule has 136 valence electrons. The number of nitrogens with zero attached hydrogens (tertiary/aromatic N) is 3. The van der Waals surface area contributed by atoms with Gasteiger partial charge in [0.15, 0.2) is 5.65 Å². The first-order valence-electron chi connectivity index (χ1n) is 8.73. The molecule has 2 aromatic heterocycles. The summed E-state index contributed by atoms with van der Waals surface area (Å²) in [5.74, 6) is 2.07. The Hall–Kier alpha value is -2.83. The quantitative estimate of drug-likeness (QED) is 0.499. The Morgan fingerprint density at radius 1 is 1.04 bits per heavy atom. The van der Waals surface area contributed by atoms with Gasteiger partial charge in [-0.05, 0) is 23.3 Å². The van der Waals surface area contributed by atoms with Crippen LogP contribution in [0.25, 0.3) is 27.8 Å². The molecule has 0 amide bonds. The summed E-state index contributed by atoms with van der Waals surface area (Å²) in [4.78, 5) is 8.70. The topological polar surface area (TPSA) is 77.0 Å². The number of hydrogen-bond donors (Lipinski definition) is 2. The van der Waals surface area contributed by atoms with Gasteiger partial charge in [-0.1, -0.05) is 42.5 Å². The summed E-state index contributed by atoms with van der Waals surface area (Å²) in [7, 11) is 0. The second kappa shape index (κ2) is 7.82. The fourth-order valence-electron chi connectivity index (χ4n) is 3.17. The molecule has 0 saturated carbocycles. The summed E-state index contributed by atoms with van der Waals surface area (Å²) in [6.45, 7) is 0.198. The predicted molar refractivity (Wildman–Crippen MR) is 112 cm³/mol. The van der Waals surface area contributed by atoms with Gasteiger partial charge in [0, 0.05) is 29.0 Å². The molecule has 0 unspecified atom stereocenters. The van der Waals surface area contributed by atoms with Crippen LogP contribution in [-0.4, -0.2) is 32.0 Å². The van der Waals surface area contributed by atoms with E-state index in [9.17, 15) is 0 Å². The Morgan fingerprint density at radius 3 is 2.70 bits per heavy atom. The van der Waals surface area contributed by atoms with E-state index in [2.05, 4.69) is 51.1 Å². The molecule has 0 radical (unpaired) electrons. The lowest BCUT2D eigenvalue weighted by Gasteiger charge is -2.07. The standard InChI is InChI=1S/C21H20N4OS/c22-20-19-18(16-6-2-1-3-7-16)12-25(21(19)24-14-23-20)17-8-4-5-15(11-17)13-27-10-9-26/h1-8,11-12,14,26H,9-10,13H2,(H2,22,23,24). The van der Waals surface area contributed by atoms with E-state index in [0.717, 1.165) is 39.4 Å². The average Bonchev–Trinajstić information content (AvgIpc) is 3.10. The molecule has 6 heteroatoms. The molecule has 0 spiro atoms. The monoisotopic (exact) mass is 376 g/mol. The highest BCUT2D eigenvalue weighted by atomic mass is 32.2. The van der Waals surface area contributed by atoms with Crippen molar-refractivity contribution >= 4 is 28.6 Å². The number of aliphatic hydroxyl groups excluding tert-OH is 1. The average molecular weight is 376 g/mol. The van der Waals surface area contributed by atoms with Gasteiger partial charge < -0.3 is 15.4 Å². The van der Waals surface area contributed by atoms with Crippen LogP contribution in [0.4, 0.5) is 5.82 Å². The van der Waals surface area contributed by atoms with E-state index in [1.165, 1.54) is 11.9 Å². The van der Waals surface area contributed by atoms with Crippen molar-refractivity contribution in [2.24, 2.45) is 0 Å². The number of anilines is 1. The molecule has 2 aromatic carbocycles. The molecule has 27 heavy (non-hydrogen) atoms. The Balaban J connectivity index is 1.84. The number of nitrogen functional groups attached to an aromatic ring is 1. The number of aromatic nitrogens is 3. The molecule has 0 bridgehead atoms. The molecule has 0 atom stereocenters. The van der Waals surface area contributed by atoms with E-state index in [-0.39, 0.29) is 6.61 Å². The third-order valence-corrected chi connectivity index (χ3v) is 5.40. The van der Waals surface area contributed by atoms with E-state index in [0.29, 0.717) is 5.82 Å². The van der Waals surface area contributed by atoms with Gasteiger partial charge in [-0.25, -0.2) is 9.97 Å². The maximum atomic E-state index is 8.98. The second-order valence-electron chi connectivity index (χ2n) is 6.18. The Bertz CT molecular complexity index is 1060. The molecule has 0 fully saturated rings. The lowest BCUT2D eigenvalue weighted by atomic mass is 10.1. The first kappa shape index (κ1) is 17.6.